The lowest BCUT2D eigenvalue weighted by Crippen LogP contribution is -2.07. The van der Waals surface area contributed by atoms with Crippen LogP contribution >= 0.6 is 11.9 Å². The minimum Gasteiger partial charge on any atom is -0.287 e. The van der Waals surface area contributed by atoms with Gasteiger partial charge in [0.1, 0.15) is 0 Å². The fourth-order valence-corrected chi connectivity index (χ4v) is 3.34. The third-order valence-electron chi connectivity index (χ3n) is 3.29. The Morgan fingerprint density at radius 1 is 0.957 bits per heavy atom. The second kappa shape index (κ2) is 9.88. The summed E-state index contributed by atoms with van der Waals surface area (Å²) in [6.45, 7) is 5.51. The van der Waals surface area contributed by atoms with Crippen LogP contribution < -0.4 is 4.72 Å². The van der Waals surface area contributed by atoms with Crippen molar-refractivity contribution in [2.45, 2.75) is 36.5 Å². The first-order chi connectivity index (χ1) is 11.1. The largest absolute Gasteiger partial charge is 0.287 e. The Labute approximate surface area is 145 Å². The Balaban J connectivity index is 1.54. The van der Waals surface area contributed by atoms with Crippen LogP contribution in [0.25, 0.3) is 0 Å². The van der Waals surface area contributed by atoms with Gasteiger partial charge in [-0.2, -0.15) is 0 Å². The second-order valence-electron chi connectivity index (χ2n) is 5.39. The number of nitrogens with one attached hydrogen (secondary N) is 1. The van der Waals surface area contributed by atoms with Gasteiger partial charge in [-0.15, -0.1) is 0 Å². The SMILES string of the molecule is Cc1ccc(SNCCCCOS(=O)c2ccc(C)cc2)cc1. The fourth-order valence-electron chi connectivity index (χ4n) is 1.89. The molecule has 5 heteroatoms. The maximum atomic E-state index is 11.9. The zero-order valence-corrected chi connectivity index (χ0v) is 15.2. The molecule has 0 amide bonds. The van der Waals surface area contributed by atoms with E-state index in [0.717, 1.165) is 29.8 Å². The summed E-state index contributed by atoms with van der Waals surface area (Å²) in [6, 6.07) is 16.0. The van der Waals surface area contributed by atoms with E-state index < -0.39 is 11.1 Å². The molecular formula is C18H23NO2S2. The number of aryl methyl sites for hydroxylation is 2. The Morgan fingerprint density at radius 3 is 2.22 bits per heavy atom. The zero-order valence-electron chi connectivity index (χ0n) is 13.6. The average Bonchev–Trinajstić information content (AvgIpc) is 2.56. The third kappa shape index (κ3) is 6.87. The Morgan fingerprint density at radius 2 is 1.57 bits per heavy atom. The summed E-state index contributed by atoms with van der Waals surface area (Å²) in [4.78, 5) is 1.94. The van der Waals surface area contributed by atoms with Gasteiger partial charge in [0, 0.05) is 11.4 Å². The minimum atomic E-state index is -1.36. The number of hydrogen-bond donors (Lipinski definition) is 1. The molecule has 0 aliphatic heterocycles. The smallest absolute Gasteiger partial charge is 0.189 e. The first-order valence-electron chi connectivity index (χ1n) is 7.73. The highest BCUT2D eigenvalue weighted by atomic mass is 32.2. The first-order valence-corrected chi connectivity index (χ1v) is 9.62. The summed E-state index contributed by atoms with van der Waals surface area (Å²) in [7, 11) is 0. The Hall–Kier alpha value is -1.14. The number of rotatable bonds is 9. The third-order valence-corrected chi connectivity index (χ3v) is 5.18. The maximum absolute atomic E-state index is 11.9. The van der Waals surface area contributed by atoms with E-state index in [4.69, 9.17) is 4.18 Å². The van der Waals surface area contributed by atoms with Crippen LogP contribution in [-0.4, -0.2) is 17.4 Å². The van der Waals surface area contributed by atoms with E-state index >= 15 is 0 Å². The van der Waals surface area contributed by atoms with E-state index in [-0.39, 0.29) is 0 Å². The fraction of sp³-hybridized carbons (Fsp3) is 0.333. The van der Waals surface area contributed by atoms with Crippen LogP contribution in [0.5, 0.6) is 0 Å². The lowest BCUT2D eigenvalue weighted by atomic mass is 10.2. The van der Waals surface area contributed by atoms with Crippen molar-refractivity contribution in [3.8, 4) is 0 Å². The lowest BCUT2D eigenvalue weighted by molar-refractivity contribution is 0.335. The summed E-state index contributed by atoms with van der Waals surface area (Å²) in [6.07, 6.45) is 1.88. The quantitative estimate of drug-likeness (QED) is 0.537. The molecule has 0 spiro atoms. The van der Waals surface area contributed by atoms with E-state index in [1.54, 1.807) is 11.9 Å². The van der Waals surface area contributed by atoms with Gasteiger partial charge in [0.05, 0.1) is 11.5 Å². The summed E-state index contributed by atoms with van der Waals surface area (Å²) in [5, 5.41) is 0. The van der Waals surface area contributed by atoms with Gasteiger partial charge in [-0.1, -0.05) is 35.4 Å². The summed E-state index contributed by atoms with van der Waals surface area (Å²) < 4.78 is 20.6. The molecule has 2 aromatic rings. The van der Waals surface area contributed by atoms with Gasteiger partial charge in [0.25, 0.3) is 0 Å². The van der Waals surface area contributed by atoms with Gasteiger partial charge in [-0.3, -0.25) is 8.91 Å². The second-order valence-corrected chi connectivity index (χ2v) is 7.53. The molecule has 2 rings (SSSR count). The van der Waals surface area contributed by atoms with Crippen molar-refractivity contribution in [3.05, 3.63) is 59.7 Å². The molecule has 0 fully saturated rings. The van der Waals surface area contributed by atoms with Crippen LogP contribution in [0.4, 0.5) is 0 Å². The molecule has 1 atom stereocenters. The molecule has 0 bridgehead atoms. The summed E-state index contributed by atoms with van der Waals surface area (Å²) >= 11 is 0.284. The van der Waals surface area contributed by atoms with Gasteiger partial charge in [-0.05, 0) is 62.9 Å². The topological polar surface area (TPSA) is 38.3 Å². The van der Waals surface area contributed by atoms with Crippen molar-refractivity contribution >= 4 is 23.0 Å². The van der Waals surface area contributed by atoms with Crippen molar-refractivity contribution in [2.75, 3.05) is 13.2 Å². The zero-order chi connectivity index (χ0) is 16.5. The molecule has 0 radical (unpaired) electrons. The molecule has 3 nitrogen and oxygen atoms in total. The van der Waals surface area contributed by atoms with E-state index in [1.165, 1.54) is 10.5 Å². The number of unbranched alkanes of at least 4 members (excludes halogenated alkanes) is 1. The van der Waals surface area contributed by atoms with E-state index in [2.05, 4.69) is 35.9 Å². The summed E-state index contributed by atoms with van der Waals surface area (Å²) in [5.41, 5.74) is 2.43. The minimum absolute atomic E-state index is 0.511. The van der Waals surface area contributed by atoms with Crippen LogP contribution in [0.1, 0.15) is 24.0 Å². The number of benzene rings is 2. The van der Waals surface area contributed by atoms with Crippen LogP contribution in [0.2, 0.25) is 0 Å². The highest BCUT2D eigenvalue weighted by Gasteiger charge is 2.03. The van der Waals surface area contributed by atoms with Crippen LogP contribution in [0.15, 0.2) is 58.3 Å². The first kappa shape index (κ1) is 18.2. The monoisotopic (exact) mass is 349 g/mol. The van der Waals surface area contributed by atoms with Crippen LogP contribution in [0.3, 0.4) is 0 Å². The normalized spacial score (nSPS) is 12.3. The molecule has 0 saturated carbocycles. The standard InChI is InChI=1S/C18H23NO2S2/c1-15-5-9-17(10-6-15)22-19-13-3-4-14-21-23(20)18-11-7-16(2)8-12-18/h5-12,19H,3-4,13-14H2,1-2H3. The van der Waals surface area contributed by atoms with Gasteiger partial charge >= 0.3 is 0 Å². The summed E-state index contributed by atoms with van der Waals surface area (Å²) in [5.74, 6) is 0. The lowest BCUT2D eigenvalue weighted by Gasteiger charge is -2.06. The van der Waals surface area contributed by atoms with Crippen molar-refractivity contribution in [2.24, 2.45) is 0 Å². The van der Waals surface area contributed by atoms with E-state index in [9.17, 15) is 4.21 Å². The molecule has 0 aliphatic carbocycles. The molecule has 1 unspecified atom stereocenters. The van der Waals surface area contributed by atoms with E-state index in [1.807, 2.05) is 31.2 Å². The molecular weight excluding hydrogens is 326 g/mol. The van der Waals surface area contributed by atoms with Gasteiger partial charge in [-0.25, -0.2) is 4.21 Å². The molecule has 1 N–H and O–H groups in total. The van der Waals surface area contributed by atoms with Crippen molar-refractivity contribution in [1.29, 1.82) is 0 Å². The Bertz CT molecular complexity index is 612. The number of hydrogen-bond acceptors (Lipinski definition) is 4. The molecule has 0 aromatic heterocycles. The predicted molar refractivity (Wildman–Crippen MR) is 97.8 cm³/mol. The molecule has 0 saturated heterocycles. The van der Waals surface area contributed by atoms with Crippen LogP contribution in [-0.2, 0) is 15.3 Å². The van der Waals surface area contributed by atoms with E-state index in [0.29, 0.717) is 6.61 Å². The van der Waals surface area contributed by atoms with Crippen LogP contribution in [0, 0.1) is 13.8 Å². The highest BCUT2D eigenvalue weighted by molar-refractivity contribution is 7.97. The van der Waals surface area contributed by atoms with Crippen molar-refractivity contribution in [3.63, 3.8) is 0 Å². The highest BCUT2D eigenvalue weighted by Crippen LogP contribution is 2.15. The van der Waals surface area contributed by atoms with Gasteiger partial charge in [0.2, 0.25) is 0 Å². The van der Waals surface area contributed by atoms with Gasteiger partial charge in [0.15, 0.2) is 11.1 Å². The molecule has 0 aliphatic rings. The van der Waals surface area contributed by atoms with Crippen molar-refractivity contribution in [1.82, 2.24) is 4.72 Å². The molecule has 124 valence electrons. The Kier molecular flexibility index (Phi) is 7.82. The van der Waals surface area contributed by atoms with Crippen molar-refractivity contribution < 1.29 is 8.39 Å². The van der Waals surface area contributed by atoms with Gasteiger partial charge < -0.3 is 0 Å². The average molecular weight is 350 g/mol. The molecule has 2 aromatic carbocycles. The molecule has 23 heavy (non-hydrogen) atoms. The predicted octanol–water partition coefficient (Wildman–Crippen LogP) is 4.42. The maximum Gasteiger partial charge on any atom is 0.189 e. The molecule has 0 heterocycles.